The number of amides is 4. The van der Waals surface area contributed by atoms with Gasteiger partial charge in [-0.1, -0.05) is 11.6 Å². The number of nitrogens with zero attached hydrogens (tertiary/aromatic N) is 4. The highest BCUT2D eigenvalue weighted by atomic mass is 35.5. The van der Waals surface area contributed by atoms with Crippen molar-refractivity contribution in [3.8, 4) is 5.75 Å². The van der Waals surface area contributed by atoms with Gasteiger partial charge in [-0.25, -0.2) is 9.59 Å². The summed E-state index contributed by atoms with van der Waals surface area (Å²) >= 11 is 5.63. The first-order chi connectivity index (χ1) is 22.9. The lowest BCUT2D eigenvalue weighted by Crippen LogP contribution is -2.44. The van der Waals surface area contributed by atoms with Gasteiger partial charge in [0.1, 0.15) is 34.4 Å². The Labute approximate surface area is 293 Å². The van der Waals surface area contributed by atoms with Crippen molar-refractivity contribution in [2.75, 3.05) is 40.3 Å². The Morgan fingerprint density at radius 1 is 0.755 bits per heavy atom. The van der Waals surface area contributed by atoms with Gasteiger partial charge in [0.2, 0.25) is 0 Å². The predicted molar refractivity (Wildman–Crippen MR) is 185 cm³/mol. The van der Waals surface area contributed by atoms with Crippen molar-refractivity contribution in [3.05, 3.63) is 53.1 Å². The van der Waals surface area contributed by atoms with Gasteiger partial charge < -0.3 is 39.8 Å². The van der Waals surface area contributed by atoms with E-state index in [0.29, 0.717) is 61.2 Å². The molecule has 2 aromatic heterocycles. The maximum Gasteiger partial charge on any atom is 0.410 e. The van der Waals surface area contributed by atoms with Crippen LogP contribution in [0, 0.1) is 0 Å². The largest absolute Gasteiger partial charge is 0.490 e. The van der Waals surface area contributed by atoms with Gasteiger partial charge in [0.25, 0.3) is 11.8 Å². The van der Waals surface area contributed by atoms with Crippen molar-refractivity contribution in [2.45, 2.75) is 90.6 Å². The summed E-state index contributed by atoms with van der Waals surface area (Å²) in [5.74, 6) is 0.131. The Kier molecular flexibility index (Phi) is 16.0. The summed E-state index contributed by atoms with van der Waals surface area (Å²) in [6, 6.07) is 6.49. The van der Waals surface area contributed by atoms with Crippen LogP contribution >= 0.6 is 11.6 Å². The molecule has 0 spiro atoms. The minimum Gasteiger partial charge on any atom is -0.490 e. The minimum atomic E-state index is -0.488. The topological polar surface area (TPSA) is 173 Å². The lowest BCUT2D eigenvalue weighted by atomic mass is 10.1. The number of piperidine rings is 2. The molecule has 0 radical (unpaired) electrons. The van der Waals surface area contributed by atoms with E-state index in [4.69, 9.17) is 25.8 Å². The van der Waals surface area contributed by atoms with E-state index in [1.54, 1.807) is 48.3 Å². The number of ether oxygens (including phenoxy) is 3. The van der Waals surface area contributed by atoms with Crippen molar-refractivity contribution in [2.24, 2.45) is 0 Å². The van der Waals surface area contributed by atoms with E-state index in [0.717, 1.165) is 12.8 Å². The maximum absolute atomic E-state index is 12.0. The Morgan fingerprint density at radius 2 is 1.18 bits per heavy atom. The van der Waals surface area contributed by atoms with Gasteiger partial charge in [0.05, 0.1) is 6.10 Å². The van der Waals surface area contributed by atoms with Crippen molar-refractivity contribution in [1.82, 2.24) is 30.4 Å². The number of nitrogens with one attached hydrogen (secondary N) is 2. The van der Waals surface area contributed by atoms with Crippen LogP contribution in [-0.2, 0) is 9.47 Å². The first-order valence-electron chi connectivity index (χ1n) is 16.2. The molecule has 272 valence electrons. The average Bonchev–Trinajstić information content (AvgIpc) is 3.04. The normalized spacial score (nSPS) is 15.4. The Morgan fingerprint density at radius 3 is 1.61 bits per heavy atom. The number of likely N-dealkylation sites (tertiary alicyclic amines) is 2. The molecule has 2 aliphatic heterocycles. The Bertz CT molecular complexity index is 1380. The average molecular weight is 707 g/mol. The molecule has 2 aliphatic rings. The van der Waals surface area contributed by atoms with Gasteiger partial charge in [-0.3, -0.25) is 19.6 Å². The molecule has 2 saturated heterocycles. The number of carbonyl (C=O) groups excluding carboxylic acids is 4. The number of aliphatic hydroxyl groups is 1. The maximum atomic E-state index is 12.0. The zero-order valence-electron chi connectivity index (χ0n) is 29.7. The van der Waals surface area contributed by atoms with E-state index in [1.807, 2.05) is 41.5 Å². The number of carbonyl (C=O) groups is 4. The number of hydrogen-bond donors (Lipinski definition) is 3. The molecular weight excluding hydrogens is 656 g/mol. The first-order valence-corrected chi connectivity index (χ1v) is 16.6. The zero-order chi connectivity index (χ0) is 36.8. The van der Waals surface area contributed by atoms with Crippen molar-refractivity contribution >= 4 is 35.6 Å². The quantitative estimate of drug-likeness (QED) is 0.405. The zero-order valence-corrected chi connectivity index (χ0v) is 30.5. The number of pyridine rings is 2. The second-order valence-corrected chi connectivity index (χ2v) is 13.8. The number of halogens is 1. The molecule has 0 aliphatic carbocycles. The number of hydrogen-bond acceptors (Lipinski definition) is 10. The highest BCUT2D eigenvalue weighted by molar-refractivity contribution is 6.30. The second kappa shape index (κ2) is 19.1. The van der Waals surface area contributed by atoms with Crippen LogP contribution in [0.1, 0.15) is 88.2 Å². The molecule has 0 atom stereocenters. The summed E-state index contributed by atoms with van der Waals surface area (Å²) in [4.78, 5) is 57.3. The van der Waals surface area contributed by atoms with Gasteiger partial charge in [0.15, 0.2) is 0 Å². The molecule has 0 unspecified atom stereocenters. The van der Waals surface area contributed by atoms with Crippen molar-refractivity contribution < 1.29 is 38.5 Å². The second-order valence-electron chi connectivity index (χ2n) is 13.4. The Balaban J connectivity index is 0.000000282. The molecule has 0 bridgehead atoms. The van der Waals surface area contributed by atoms with Gasteiger partial charge in [0, 0.05) is 76.6 Å². The SMILES string of the molecule is CC(C)(C)OC(=O)N1CCC(O)CC1.CNC(=O)c1cc(Cl)ccn1.CNC(=O)c1cc(OC2CCN(C(=O)OC(C)(C)C)CC2)ccn1. The van der Waals surface area contributed by atoms with Crippen molar-refractivity contribution in [3.63, 3.8) is 0 Å². The summed E-state index contributed by atoms with van der Waals surface area (Å²) in [5.41, 5.74) is -0.272. The van der Waals surface area contributed by atoms with Crippen molar-refractivity contribution in [1.29, 1.82) is 0 Å². The smallest absolute Gasteiger partial charge is 0.410 e. The van der Waals surface area contributed by atoms with Gasteiger partial charge in [-0.15, -0.1) is 0 Å². The fourth-order valence-electron chi connectivity index (χ4n) is 4.44. The van der Waals surface area contributed by atoms with Crippen LogP contribution < -0.4 is 15.4 Å². The predicted octanol–water partition coefficient (Wildman–Crippen LogP) is 4.69. The fourth-order valence-corrected chi connectivity index (χ4v) is 4.60. The molecular formula is C34H51ClN6O8. The number of aliphatic hydroxyl groups excluding tert-OH is 1. The highest BCUT2D eigenvalue weighted by Gasteiger charge is 2.28. The minimum absolute atomic E-state index is 0.00336. The highest BCUT2D eigenvalue weighted by Crippen LogP contribution is 2.21. The Hall–Kier alpha value is -4.17. The summed E-state index contributed by atoms with van der Waals surface area (Å²) in [5, 5.41) is 14.8. The van der Waals surface area contributed by atoms with E-state index in [2.05, 4.69) is 20.6 Å². The van der Waals surface area contributed by atoms with E-state index in [-0.39, 0.29) is 36.2 Å². The molecule has 4 rings (SSSR count). The third-order valence-corrected chi connectivity index (χ3v) is 7.12. The van der Waals surface area contributed by atoms with E-state index in [1.165, 1.54) is 12.3 Å². The number of rotatable bonds is 4. The lowest BCUT2D eigenvalue weighted by molar-refractivity contribution is 0.00958. The summed E-state index contributed by atoms with van der Waals surface area (Å²) in [6.07, 6.45) is 4.97. The van der Waals surface area contributed by atoms with Crippen LogP contribution in [0.3, 0.4) is 0 Å². The van der Waals surface area contributed by atoms with Crippen LogP contribution in [-0.4, -0.2) is 113 Å². The third-order valence-electron chi connectivity index (χ3n) is 6.89. The molecule has 3 N–H and O–H groups in total. The van der Waals surface area contributed by atoms with E-state index in [9.17, 15) is 24.3 Å². The van der Waals surface area contributed by atoms with Gasteiger partial charge in [-0.05, 0) is 72.6 Å². The summed E-state index contributed by atoms with van der Waals surface area (Å²) in [7, 11) is 3.11. The van der Waals surface area contributed by atoms with E-state index < -0.39 is 11.2 Å². The molecule has 49 heavy (non-hydrogen) atoms. The van der Waals surface area contributed by atoms with Crippen LogP contribution in [0.2, 0.25) is 5.02 Å². The van der Waals surface area contributed by atoms with Gasteiger partial charge in [-0.2, -0.15) is 0 Å². The van der Waals surface area contributed by atoms with Crippen LogP contribution in [0.4, 0.5) is 9.59 Å². The molecule has 2 fully saturated rings. The lowest BCUT2D eigenvalue weighted by Gasteiger charge is -2.33. The molecule has 0 aromatic carbocycles. The molecule has 4 heterocycles. The molecule has 0 saturated carbocycles. The summed E-state index contributed by atoms with van der Waals surface area (Å²) < 4.78 is 16.5. The number of aromatic nitrogens is 2. The monoisotopic (exact) mass is 706 g/mol. The standard InChI is InChI=1S/C17H25N3O4.C10H19NO3.C7H7ClN2O/c1-17(2,3)24-16(22)20-9-6-12(7-10-20)23-13-5-8-19-14(11-13)15(21)18-4;1-10(2,3)14-9(13)11-6-4-8(12)5-7-11;1-9-7(11)6-4-5(8)2-3-10-6/h5,8,11-12H,6-7,9-10H2,1-4H3,(H,18,21);8,12H,4-7H2,1-3H3;2-4H,1H3,(H,9,11). The van der Waals surface area contributed by atoms with E-state index >= 15 is 0 Å². The molecule has 15 heteroatoms. The van der Waals surface area contributed by atoms with Crippen LogP contribution in [0.15, 0.2) is 36.7 Å². The summed E-state index contributed by atoms with van der Waals surface area (Å²) in [6.45, 7) is 13.5. The molecule has 4 amide bonds. The van der Waals surface area contributed by atoms with Crippen LogP contribution in [0.5, 0.6) is 5.75 Å². The fraction of sp³-hybridized carbons (Fsp3) is 0.588. The van der Waals surface area contributed by atoms with Gasteiger partial charge >= 0.3 is 12.2 Å². The first kappa shape index (κ1) is 41.0. The third kappa shape index (κ3) is 15.7. The van der Waals surface area contributed by atoms with Crippen LogP contribution in [0.25, 0.3) is 0 Å². The molecule has 2 aromatic rings. The molecule has 14 nitrogen and oxygen atoms in total.